The van der Waals surface area contributed by atoms with Crippen LogP contribution in [0, 0.1) is 0 Å². The van der Waals surface area contributed by atoms with Crippen molar-refractivity contribution < 1.29 is 4.79 Å². The lowest BCUT2D eigenvalue weighted by Crippen LogP contribution is -2.22. The second-order valence-corrected chi connectivity index (χ2v) is 7.21. The van der Waals surface area contributed by atoms with Crippen molar-refractivity contribution in [3.8, 4) is 0 Å². The summed E-state index contributed by atoms with van der Waals surface area (Å²) in [7, 11) is 0. The van der Waals surface area contributed by atoms with Gasteiger partial charge in [-0.15, -0.1) is 11.3 Å². The number of aryl methyl sites for hydroxylation is 1. The first-order valence-electron chi connectivity index (χ1n) is 8.39. The van der Waals surface area contributed by atoms with Crippen LogP contribution in [0.1, 0.15) is 48.9 Å². The van der Waals surface area contributed by atoms with Gasteiger partial charge < -0.3 is 10.3 Å². The van der Waals surface area contributed by atoms with Crippen molar-refractivity contribution in [2.24, 2.45) is 0 Å². The number of rotatable bonds is 7. The van der Waals surface area contributed by atoms with E-state index in [1.54, 1.807) is 11.3 Å². The molecule has 24 heavy (non-hydrogen) atoms. The minimum Gasteiger partial charge on any atom is -0.361 e. The predicted octanol–water partition coefficient (Wildman–Crippen LogP) is 4.39. The summed E-state index contributed by atoms with van der Waals surface area (Å²) < 4.78 is 0. The Balaban J connectivity index is 1.44. The number of H-pyrrole nitrogens is 1. The highest BCUT2D eigenvalue weighted by Crippen LogP contribution is 2.20. The summed E-state index contributed by atoms with van der Waals surface area (Å²) in [6, 6.07) is 8.27. The number of para-hydroxylation sites is 1. The number of nitrogens with one attached hydrogen (secondary N) is 2. The van der Waals surface area contributed by atoms with Gasteiger partial charge in [0.15, 0.2) is 0 Å². The van der Waals surface area contributed by atoms with Crippen LogP contribution in [-0.4, -0.2) is 15.9 Å². The average Bonchev–Trinajstić information content (AvgIpc) is 3.20. The van der Waals surface area contributed by atoms with E-state index in [-0.39, 0.29) is 5.91 Å². The zero-order valence-corrected chi connectivity index (χ0v) is 15.0. The first-order chi connectivity index (χ1) is 11.6. The van der Waals surface area contributed by atoms with E-state index < -0.39 is 0 Å². The average molecular weight is 341 g/mol. The fourth-order valence-electron chi connectivity index (χ4n) is 2.72. The van der Waals surface area contributed by atoms with E-state index in [0.29, 0.717) is 18.9 Å². The maximum absolute atomic E-state index is 12.0. The molecule has 3 aromatic rings. The summed E-state index contributed by atoms with van der Waals surface area (Å²) in [5, 5.41) is 7.37. The maximum Gasteiger partial charge on any atom is 0.220 e. The molecule has 0 spiro atoms. The predicted molar refractivity (Wildman–Crippen MR) is 99.3 cm³/mol. The summed E-state index contributed by atoms with van der Waals surface area (Å²) in [6.45, 7) is 4.78. The van der Waals surface area contributed by atoms with Crippen molar-refractivity contribution in [1.82, 2.24) is 15.3 Å². The molecule has 2 heterocycles. The normalized spacial score (nSPS) is 11.3. The van der Waals surface area contributed by atoms with Crippen molar-refractivity contribution in [3.05, 3.63) is 52.1 Å². The van der Waals surface area contributed by atoms with Gasteiger partial charge in [-0.2, -0.15) is 0 Å². The molecule has 1 aromatic carbocycles. The third kappa shape index (κ3) is 4.03. The lowest BCUT2D eigenvalue weighted by atomic mass is 10.1. The number of aromatic nitrogens is 2. The van der Waals surface area contributed by atoms with Gasteiger partial charge in [0.1, 0.15) is 0 Å². The van der Waals surface area contributed by atoms with Crippen molar-refractivity contribution in [2.75, 3.05) is 0 Å². The molecule has 0 aliphatic rings. The van der Waals surface area contributed by atoms with Crippen molar-refractivity contribution in [2.45, 2.75) is 45.6 Å². The van der Waals surface area contributed by atoms with Gasteiger partial charge in [-0.05, 0) is 24.5 Å². The number of hydrogen-bond acceptors (Lipinski definition) is 3. The van der Waals surface area contributed by atoms with E-state index in [9.17, 15) is 4.79 Å². The number of hydrogen-bond donors (Lipinski definition) is 2. The molecule has 4 nitrogen and oxygen atoms in total. The van der Waals surface area contributed by atoms with Gasteiger partial charge in [0.2, 0.25) is 5.91 Å². The van der Waals surface area contributed by atoms with Crippen molar-refractivity contribution >= 4 is 28.1 Å². The van der Waals surface area contributed by atoms with E-state index >= 15 is 0 Å². The number of thiazole rings is 1. The minimum absolute atomic E-state index is 0.0916. The summed E-state index contributed by atoms with van der Waals surface area (Å²) in [6.07, 6.45) is 4.35. The van der Waals surface area contributed by atoms with Gasteiger partial charge >= 0.3 is 0 Å². The van der Waals surface area contributed by atoms with Gasteiger partial charge in [0.05, 0.1) is 17.2 Å². The lowest BCUT2D eigenvalue weighted by molar-refractivity contribution is -0.121. The zero-order valence-electron chi connectivity index (χ0n) is 14.1. The van der Waals surface area contributed by atoms with Gasteiger partial charge in [-0.25, -0.2) is 4.98 Å². The molecule has 0 unspecified atom stereocenters. The first-order valence-corrected chi connectivity index (χ1v) is 9.27. The highest BCUT2D eigenvalue weighted by atomic mass is 32.1. The standard InChI is InChI=1S/C19H23N3OS/c1-13(2)19-22-15(12-24-19)11-21-18(23)9-5-6-14-10-20-17-8-4-3-7-16(14)17/h3-4,7-8,10,12-13,20H,5-6,9,11H2,1-2H3,(H,21,23). The summed E-state index contributed by atoms with van der Waals surface area (Å²) in [4.78, 5) is 19.8. The fraction of sp³-hybridized carbons (Fsp3) is 0.368. The smallest absolute Gasteiger partial charge is 0.220 e. The molecule has 0 saturated carbocycles. The molecule has 0 radical (unpaired) electrons. The minimum atomic E-state index is 0.0916. The number of fused-ring (bicyclic) bond motifs is 1. The highest BCUT2D eigenvalue weighted by Gasteiger charge is 2.08. The molecule has 5 heteroatoms. The van der Waals surface area contributed by atoms with Crippen LogP contribution >= 0.6 is 11.3 Å². The molecule has 0 aliphatic heterocycles. The molecule has 2 N–H and O–H groups in total. The number of aromatic amines is 1. The molecule has 0 aliphatic carbocycles. The molecule has 126 valence electrons. The topological polar surface area (TPSA) is 57.8 Å². The van der Waals surface area contributed by atoms with Crippen LogP contribution in [-0.2, 0) is 17.8 Å². The first kappa shape index (κ1) is 16.7. The van der Waals surface area contributed by atoms with E-state index in [2.05, 4.69) is 41.3 Å². The third-order valence-electron chi connectivity index (χ3n) is 4.05. The Labute approximate surface area is 146 Å². The number of amides is 1. The molecule has 1 amide bonds. The number of nitrogens with zero attached hydrogens (tertiary/aromatic N) is 1. The second kappa shape index (κ2) is 7.62. The van der Waals surface area contributed by atoms with Crippen LogP contribution in [0.3, 0.4) is 0 Å². The Morgan fingerprint density at radius 2 is 2.17 bits per heavy atom. The Bertz CT molecular complexity index is 819. The Hall–Kier alpha value is -2.14. The van der Waals surface area contributed by atoms with Crippen molar-refractivity contribution in [3.63, 3.8) is 0 Å². The quantitative estimate of drug-likeness (QED) is 0.670. The van der Waals surface area contributed by atoms with Crippen LogP contribution in [0.2, 0.25) is 0 Å². The Kier molecular flexibility index (Phi) is 5.30. The monoisotopic (exact) mass is 341 g/mol. The van der Waals surface area contributed by atoms with Crippen LogP contribution in [0.15, 0.2) is 35.8 Å². The molecule has 0 bridgehead atoms. The molecular weight excluding hydrogens is 318 g/mol. The highest BCUT2D eigenvalue weighted by molar-refractivity contribution is 7.09. The summed E-state index contributed by atoms with van der Waals surface area (Å²) >= 11 is 1.66. The zero-order chi connectivity index (χ0) is 16.9. The van der Waals surface area contributed by atoms with Crippen LogP contribution in [0.5, 0.6) is 0 Å². The van der Waals surface area contributed by atoms with Crippen molar-refractivity contribution in [1.29, 1.82) is 0 Å². The van der Waals surface area contributed by atoms with Gasteiger partial charge in [-0.3, -0.25) is 4.79 Å². The molecule has 2 aromatic heterocycles. The van der Waals surface area contributed by atoms with E-state index in [4.69, 9.17) is 0 Å². The number of carbonyl (C=O) groups is 1. The van der Waals surface area contributed by atoms with Gasteiger partial charge in [0, 0.05) is 34.8 Å². The van der Waals surface area contributed by atoms with Crippen LogP contribution in [0.4, 0.5) is 0 Å². The molecule has 3 rings (SSSR count). The molecule has 0 fully saturated rings. The third-order valence-corrected chi connectivity index (χ3v) is 5.25. The van der Waals surface area contributed by atoms with E-state index in [1.807, 2.05) is 23.7 Å². The van der Waals surface area contributed by atoms with Crippen LogP contribution in [0.25, 0.3) is 10.9 Å². The molecule has 0 saturated heterocycles. The molecule has 0 atom stereocenters. The summed E-state index contributed by atoms with van der Waals surface area (Å²) in [5.41, 5.74) is 3.38. The maximum atomic E-state index is 12.0. The second-order valence-electron chi connectivity index (χ2n) is 6.32. The lowest BCUT2D eigenvalue weighted by Gasteiger charge is -2.03. The summed E-state index contributed by atoms with van der Waals surface area (Å²) in [5.74, 6) is 0.532. The van der Waals surface area contributed by atoms with Crippen LogP contribution < -0.4 is 5.32 Å². The number of carbonyl (C=O) groups excluding carboxylic acids is 1. The largest absolute Gasteiger partial charge is 0.361 e. The van der Waals surface area contributed by atoms with E-state index in [1.165, 1.54) is 10.9 Å². The van der Waals surface area contributed by atoms with Gasteiger partial charge in [-0.1, -0.05) is 32.0 Å². The number of benzene rings is 1. The Morgan fingerprint density at radius 3 is 2.96 bits per heavy atom. The van der Waals surface area contributed by atoms with E-state index in [0.717, 1.165) is 29.1 Å². The van der Waals surface area contributed by atoms with Gasteiger partial charge in [0.25, 0.3) is 0 Å². The SMILES string of the molecule is CC(C)c1nc(CNC(=O)CCCc2c[nH]c3ccccc23)cs1. The Morgan fingerprint density at radius 1 is 1.33 bits per heavy atom. The fourth-order valence-corrected chi connectivity index (χ4v) is 3.56. The molecular formula is C19H23N3OS.